The fourth-order valence-electron chi connectivity index (χ4n) is 3.36. The van der Waals surface area contributed by atoms with Crippen LogP contribution in [0.4, 0.5) is 0 Å². The van der Waals surface area contributed by atoms with Gasteiger partial charge in [0.2, 0.25) is 5.88 Å². The standard InChI is InChI=1S/C21H22Cl2N2O4/c1-6-11-7-8-12(28-15-10-14(22)19(23)25-24-15)9-13(11)16-17(26)20(2,3)29-21(4,5)18(16)27/h7-10,26H,6H2,1-5H3. The number of hydrogen-bond acceptors (Lipinski definition) is 6. The third-order valence-electron chi connectivity index (χ3n) is 4.73. The molecule has 0 atom stereocenters. The monoisotopic (exact) mass is 436 g/mol. The van der Waals surface area contributed by atoms with Gasteiger partial charge in [-0.25, -0.2) is 0 Å². The molecule has 8 heteroatoms. The summed E-state index contributed by atoms with van der Waals surface area (Å²) in [4.78, 5) is 13.1. The van der Waals surface area contributed by atoms with Gasteiger partial charge in [-0.2, -0.15) is 0 Å². The van der Waals surface area contributed by atoms with Crippen LogP contribution in [-0.4, -0.2) is 32.3 Å². The summed E-state index contributed by atoms with van der Waals surface area (Å²) in [6.07, 6.45) is 0.661. The molecule has 154 valence electrons. The van der Waals surface area contributed by atoms with Crippen molar-refractivity contribution in [3.05, 3.63) is 51.3 Å². The van der Waals surface area contributed by atoms with Crippen molar-refractivity contribution < 1.29 is 19.4 Å². The summed E-state index contributed by atoms with van der Waals surface area (Å²) in [6, 6.07) is 6.75. The largest absolute Gasteiger partial charge is 0.508 e. The second kappa shape index (κ2) is 7.59. The number of rotatable bonds is 4. The van der Waals surface area contributed by atoms with Crippen LogP contribution in [0.2, 0.25) is 10.2 Å². The van der Waals surface area contributed by atoms with Gasteiger partial charge in [0.1, 0.15) is 22.7 Å². The number of carbonyl (C=O) groups excluding carboxylic acids is 1. The number of benzene rings is 1. The van der Waals surface area contributed by atoms with E-state index in [-0.39, 0.29) is 33.2 Å². The lowest BCUT2D eigenvalue weighted by Crippen LogP contribution is -2.49. The first kappa shape index (κ1) is 21.6. The molecule has 0 spiro atoms. The SMILES string of the molecule is CCc1ccc(Oc2cc(Cl)c(Cl)nn2)cc1C1=C(O)C(C)(C)OC(C)(C)C1=O. The van der Waals surface area contributed by atoms with Crippen molar-refractivity contribution in [1.82, 2.24) is 10.2 Å². The highest BCUT2D eigenvalue weighted by atomic mass is 35.5. The molecule has 1 aliphatic rings. The maximum atomic E-state index is 13.1. The number of aliphatic hydroxyl groups excluding tert-OH is 1. The Bertz CT molecular complexity index is 1020. The number of aromatic nitrogens is 2. The summed E-state index contributed by atoms with van der Waals surface area (Å²) in [6.45, 7) is 8.82. The van der Waals surface area contributed by atoms with E-state index in [1.54, 1.807) is 39.8 Å². The Balaban J connectivity index is 2.12. The topological polar surface area (TPSA) is 81.5 Å². The normalized spacial score (nSPS) is 18.1. The predicted molar refractivity (Wildman–Crippen MR) is 112 cm³/mol. The van der Waals surface area contributed by atoms with Crippen molar-refractivity contribution in [3.8, 4) is 11.6 Å². The molecule has 0 radical (unpaired) electrons. The molecule has 0 bridgehead atoms. The summed E-state index contributed by atoms with van der Waals surface area (Å²) >= 11 is 11.8. The van der Waals surface area contributed by atoms with Crippen molar-refractivity contribution in [2.24, 2.45) is 0 Å². The molecule has 0 aliphatic carbocycles. The number of Topliss-reactive ketones (excluding diaryl/α,β-unsaturated/α-hetero) is 1. The molecule has 3 rings (SSSR count). The lowest BCUT2D eigenvalue weighted by molar-refractivity contribution is -0.158. The fourth-order valence-corrected chi connectivity index (χ4v) is 3.58. The number of ether oxygens (including phenoxy) is 2. The summed E-state index contributed by atoms with van der Waals surface area (Å²) in [5.41, 5.74) is -0.383. The van der Waals surface area contributed by atoms with Crippen LogP contribution in [0.5, 0.6) is 11.6 Å². The molecule has 0 amide bonds. The summed E-state index contributed by atoms with van der Waals surface area (Å²) in [5.74, 6) is 0.172. The zero-order chi connectivity index (χ0) is 21.6. The Morgan fingerprint density at radius 1 is 1.10 bits per heavy atom. The first-order valence-corrected chi connectivity index (χ1v) is 9.90. The van der Waals surface area contributed by atoms with Crippen LogP contribution < -0.4 is 4.74 Å². The lowest BCUT2D eigenvalue weighted by atomic mass is 9.81. The van der Waals surface area contributed by atoms with E-state index in [1.165, 1.54) is 6.07 Å². The highest BCUT2D eigenvalue weighted by Gasteiger charge is 2.47. The molecule has 1 aliphatic heterocycles. The van der Waals surface area contributed by atoms with Gasteiger partial charge in [-0.1, -0.05) is 36.2 Å². The van der Waals surface area contributed by atoms with Crippen molar-refractivity contribution >= 4 is 34.6 Å². The van der Waals surface area contributed by atoms with Crippen LogP contribution in [0.15, 0.2) is 30.0 Å². The van der Waals surface area contributed by atoms with E-state index in [4.69, 9.17) is 32.7 Å². The van der Waals surface area contributed by atoms with Crippen molar-refractivity contribution in [2.45, 2.75) is 52.2 Å². The maximum absolute atomic E-state index is 13.1. The minimum absolute atomic E-state index is 0.0772. The summed E-state index contributed by atoms with van der Waals surface area (Å²) in [7, 11) is 0. The second-order valence-electron chi connectivity index (χ2n) is 7.77. The fraction of sp³-hybridized carbons (Fsp3) is 0.381. The van der Waals surface area contributed by atoms with Gasteiger partial charge in [-0.05, 0) is 57.4 Å². The van der Waals surface area contributed by atoms with Crippen LogP contribution in [0.3, 0.4) is 0 Å². The van der Waals surface area contributed by atoms with E-state index < -0.39 is 11.2 Å². The number of hydrogen-bond donors (Lipinski definition) is 1. The molecular weight excluding hydrogens is 415 g/mol. The minimum atomic E-state index is -1.08. The highest BCUT2D eigenvalue weighted by Crippen LogP contribution is 2.42. The van der Waals surface area contributed by atoms with Gasteiger partial charge in [0.25, 0.3) is 0 Å². The van der Waals surface area contributed by atoms with Gasteiger partial charge >= 0.3 is 0 Å². The van der Waals surface area contributed by atoms with Gasteiger partial charge < -0.3 is 14.6 Å². The average Bonchev–Trinajstić information content (AvgIpc) is 2.63. The first-order chi connectivity index (χ1) is 13.5. The van der Waals surface area contributed by atoms with Gasteiger partial charge in [0.05, 0.1) is 10.6 Å². The van der Waals surface area contributed by atoms with E-state index in [9.17, 15) is 9.90 Å². The third kappa shape index (κ3) is 4.10. The third-order valence-corrected chi connectivity index (χ3v) is 5.39. The quantitative estimate of drug-likeness (QED) is 0.674. The smallest absolute Gasteiger partial charge is 0.240 e. The Morgan fingerprint density at radius 3 is 2.41 bits per heavy atom. The number of aryl methyl sites for hydroxylation is 1. The van der Waals surface area contributed by atoms with Gasteiger partial charge in [-0.3, -0.25) is 4.79 Å². The molecule has 2 heterocycles. The van der Waals surface area contributed by atoms with Gasteiger partial charge in [-0.15, -0.1) is 10.2 Å². The van der Waals surface area contributed by atoms with Gasteiger partial charge in [0, 0.05) is 6.07 Å². The molecule has 1 aromatic carbocycles. The molecule has 0 fully saturated rings. The van der Waals surface area contributed by atoms with Crippen LogP contribution in [0.1, 0.15) is 45.7 Å². The molecule has 2 aromatic rings. The molecule has 1 aromatic heterocycles. The molecule has 1 N–H and O–H groups in total. The molecular formula is C21H22Cl2N2O4. The van der Waals surface area contributed by atoms with Crippen molar-refractivity contribution in [2.75, 3.05) is 0 Å². The van der Waals surface area contributed by atoms with Gasteiger partial charge in [0.15, 0.2) is 10.9 Å². The van der Waals surface area contributed by atoms with E-state index in [0.29, 0.717) is 17.7 Å². The van der Waals surface area contributed by atoms with Crippen molar-refractivity contribution in [3.63, 3.8) is 0 Å². The second-order valence-corrected chi connectivity index (χ2v) is 8.54. The van der Waals surface area contributed by atoms with E-state index in [1.807, 2.05) is 13.0 Å². The van der Waals surface area contributed by atoms with E-state index in [2.05, 4.69) is 10.2 Å². The van der Waals surface area contributed by atoms with Crippen LogP contribution >= 0.6 is 23.2 Å². The Hall–Kier alpha value is -2.15. The van der Waals surface area contributed by atoms with Crippen LogP contribution in [0, 0.1) is 0 Å². The Kier molecular flexibility index (Phi) is 5.64. The summed E-state index contributed by atoms with van der Waals surface area (Å²) in [5, 5.41) is 18.7. The molecule has 0 saturated heterocycles. The number of carbonyl (C=O) groups is 1. The van der Waals surface area contributed by atoms with Crippen LogP contribution in [-0.2, 0) is 16.0 Å². The number of ketones is 1. The van der Waals surface area contributed by atoms with E-state index >= 15 is 0 Å². The zero-order valence-electron chi connectivity index (χ0n) is 16.8. The van der Waals surface area contributed by atoms with Crippen molar-refractivity contribution in [1.29, 1.82) is 0 Å². The van der Waals surface area contributed by atoms with Crippen LogP contribution in [0.25, 0.3) is 5.57 Å². The molecule has 29 heavy (non-hydrogen) atoms. The Labute approximate surface area is 179 Å². The predicted octanol–water partition coefficient (Wildman–Crippen LogP) is 5.56. The first-order valence-electron chi connectivity index (χ1n) is 9.15. The molecule has 0 unspecified atom stereocenters. The molecule has 0 saturated carbocycles. The number of aliphatic hydroxyl groups is 1. The summed E-state index contributed by atoms with van der Waals surface area (Å²) < 4.78 is 11.6. The molecule has 6 nitrogen and oxygen atoms in total. The Morgan fingerprint density at radius 2 is 1.79 bits per heavy atom. The number of nitrogens with zero attached hydrogens (tertiary/aromatic N) is 2. The maximum Gasteiger partial charge on any atom is 0.240 e. The lowest BCUT2D eigenvalue weighted by Gasteiger charge is -2.40. The zero-order valence-corrected chi connectivity index (χ0v) is 18.4. The highest BCUT2D eigenvalue weighted by molar-refractivity contribution is 6.41. The average molecular weight is 437 g/mol. The van der Waals surface area contributed by atoms with E-state index in [0.717, 1.165) is 5.56 Å². The number of halogens is 2. The minimum Gasteiger partial charge on any atom is -0.508 e.